The first-order valence-corrected chi connectivity index (χ1v) is 6.73. The molecule has 0 spiro atoms. The minimum absolute atomic E-state index is 0.0658. The molecule has 0 fully saturated rings. The smallest absolute Gasteiger partial charge is 0.287 e. The van der Waals surface area contributed by atoms with Crippen molar-refractivity contribution in [3.8, 4) is 0 Å². The summed E-state index contributed by atoms with van der Waals surface area (Å²) in [7, 11) is -3.07. The van der Waals surface area contributed by atoms with Gasteiger partial charge in [0.25, 0.3) is 5.91 Å². The number of hydrogen-bond donors (Lipinski definition) is 2. The fraction of sp³-hybridized carbons (Fsp3) is 0.444. The van der Waals surface area contributed by atoms with Crippen molar-refractivity contribution in [3.63, 3.8) is 0 Å². The van der Waals surface area contributed by atoms with E-state index in [9.17, 15) is 13.2 Å². The lowest BCUT2D eigenvalue weighted by Gasteiger charge is -2.01. The Morgan fingerprint density at radius 3 is 2.69 bits per heavy atom. The second-order valence-corrected chi connectivity index (χ2v) is 5.62. The molecule has 16 heavy (non-hydrogen) atoms. The van der Waals surface area contributed by atoms with E-state index in [4.69, 9.17) is 10.2 Å². The van der Waals surface area contributed by atoms with Gasteiger partial charge in [-0.2, -0.15) is 0 Å². The van der Waals surface area contributed by atoms with Crippen LogP contribution in [0, 0.1) is 0 Å². The molecule has 0 aliphatic rings. The summed E-state index contributed by atoms with van der Waals surface area (Å²) in [5.74, 6) is 0.106. The molecule has 0 saturated heterocycles. The van der Waals surface area contributed by atoms with Crippen molar-refractivity contribution in [3.05, 3.63) is 23.7 Å². The van der Waals surface area contributed by atoms with Gasteiger partial charge in [-0.3, -0.25) is 4.79 Å². The van der Waals surface area contributed by atoms with E-state index in [1.54, 1.807) is 6.07 Å². The standard InChI is InChI=1S/C9H14N2O4S/c1-16(13,14)5-4-11-9(12)8-3-2-7(6-10)15-8/h2-3H,4-6,10H2,1H3,(H,11,12). The quantitative estimate of drug-likeness (QED) is 0.730. The lowest BCUT2D eigenvalue weighted by Crippen LogP contribution is -2.28. The molecule has 1 amide bonds. The molecule has 0 saturated carbocycles. The molecule has 1 aromatic rings. The maximum atomic E-state index is 11.4. The number of rotatable bonds is 5. The van der Waals surface area contributed by atoms with Crippen molar-refractivity contribution in [2.45, 2.75) is 6.54 Å². The zero-order chi connectivity index (χ0) is 12.2. The summed E-state index contributed by atoms with van der Waals surface area (Å²) in [5.41, 5.74) is 5.32. The third kappa shape index (κ3) is 4.03. The number of nitrogens with two attached hydrogens (primary N) is 1. The molecule has 7 heteroatoms. The first kappa shape index (κ1) is 12.7. The van der Waals surface area contributed by atoms with E-state index in [1.165, 1.54) is 6.07 Å². The Kier molecular flexibility index (Phi) is 4.08. The first-order valence-electron chi connectivity index (χ1n) is 4.67. The minimum atomic E-state index is -3.07. The zero-order valence-electron chi connectivity index (χ0n) is 8.89. The summed E-state index contributed by atoms with van der Waals surface area (Å²) in [4.78, 5) is 11.4. The highest BCUT2D eigenvalue weighted by atomic mass is 32.2. The number of carbonyl (C=O) groups is 1. The summed E-state index contributed by atoms with van der Waals surface area (Å²) in [5, 5.41) is 2.44. The molecule has 0 aliphatic heterocycles. The Hall–Kier alpha value is -1.34. The topological polar surface area (TPSA) is 102 Å². The van der Waals surface area contributed by atoms with Gasteiger partial charge in [-0.05, 0) is 12.1 Å². The predicted octanol–water partition coefficient (Wildman–Crippen LogP) is -0.487. The summed E-state index contributed by atoms with van der Waals surface area (Å²) < 4.78 is 26.7. The van der Waals surface area contributed by atoms with Crippen LogP contribution in [0.1, 0.15) is 16.3 Å². The minimum Gasteiger partial charge on any atom is -0.455 e. The van der Waals surface area contributed by atoms with Crippen molar-refractivity contribution in [1.82, 2.24) is 5.32 Å². The molecule has 0 unspecified atom stereocenters. The van der Waals surface area contributed by atoms with Crippen molar-refractivity contribution in [2.24, 2.45) is 5.73 Å². The number of hydrogen-bond acceptors (Lipinski definition) is 5. The van der Waals surface area contributed by atoms with Crippen molar-refractivity contribution >= 4 is 15.7 Å². The fourth-order valence-electron chi connectivity index (χ4n) is 1.05. The molecule has 0 radical (unpaired) electrons. The van der Waals surface area contributed by atoms with Crippen LogP contribution in [0.2, 0.25) is 0 Å². The SMILES string of the molecule is CS(=O)(=O)CCNC(=O)c1ccc(CN)o1. The number of nitrogens with one attached hydrogen (secondary N) is 1. The molecule has 1 rings (SSSR count). The van der Waals surface area contributed by atoms with E-state index in [1.807, 2.05) is 0 Å². The van der Waals surface area contributed by atoms with Gasteiger partial charge < -0.3 is 15.5 Å². The second-order valence-electron chi connectivity index (χ2n) is 3.36. The van der Waals surface area contributed by atoms with Crippen molar-refractivity contribution < 1.29 is 17.6 Å². The van der Waals surface area contributed by atoms with Gasteiger partial charge >= 0.3 is 0 Å². The van der Waals surface area contributed by atoms with Crippen LogP contribution in [0.15, 0.2) is 16.5 Å². The molecule has 3 N–H and O–H groups in total. The van der Waals surface area contributed by atoms with Crippen LogP contribution < -0.4 is 11.1 Å². The zero-order valence-corrected chi connectivity index (χ0v) is 9.71. The van der Waals surface area contributed by atoms with Crippen LogP contribution in [0.5, 0.6) is 0 Å². The normalized spacial score (nSPS) is 11.4. The summed E-state index contributed by atoms with van der Waals surface area (Å²) >= 11 is 0. The van der Waals surface area contributed by atoms with E-state index >= 15 is 0 Å². The Labute approximate surface area is 93.7 Å². The van der Waals surface area contributed by atoms with Crippen LogP contribution in [0.4, 0.5) is 0 Å². The van der Waals surface area contributed by atoms with Gasteiger partial charge in [-0.1, -0.05) is 0 Å². The monoisotopic (exact) mass is 246 g/mol. The molecule has 0 atom stereocenters. The van der Waals surface area contributed by atoms with Crippen molar-refractivity contribution in [1.29, 1.82) is 0 Å². The summed E-state index contributed by atoms with van der Waals surface area (Å²) in [6.45, 7) is 0.285. The van der Waals surface area contributed by atoms with Crippen molar-refractivity contribution in [2.75, 3.05) is 18.6 Å². The van der Waals surface area contributed by atoms with Gasteiger partial charge in [0.1, 0.15) is 15.6 Å². The highest BCUT2D eigenvalue weighted by Crippen LogP contribution is 2.06. The molecule has 1 heterocycles. The van der Waals surface area contributed by atoms with Gasteiger partial charge in [0.05, 0.1) is 12.3 Å². The van der Waals surface area contributed by atoms with Crippen LogP contribution in [0.25, 0.3) is 0 Å². The number of carbonyl (C=O) groups excluding carboxylic acids is 1. The van der Waals surface area contributed by atoms with E-state index in [-0.39, 0.29) is 24.6 Å². The molecular weight excluding hydrogens is 232 g/mol. The fourth-order valence-corrected chi connectivity index (χ4v) is 1.52. The van der Waals surface area contributed by atoms with Gasteiger partial charge in [0, 0.05) is 12.8 Å². The largest absolute Gasteiger partial charge is 0.455 e. The van der Waals surface area contributed by atoms with Crippen LogP contribution in [0.3, 0.4) is 0 Å². The highest BCUT2D eigenvalue weighted by Gasteiger charge is 2.11. The average molecular weight is 246 g/mol. The third-order valence-electron chi connectivity index (χ3n) is 1.85. The van der Waals surface area contributed by atoms with Gasteiger partial charge in [0.2, 0.25) is 0 Å². The maximum absolute atomic E-state index is 11.4. The van der Waals surface area contributed by atoms with E-state index in [2.05, 4.69) is 5.32 Å². The molecule has 6 nitrogen and oxygen atoms in total. The Morgan fingerprint density at radius 1 is 1.50 bits per heavy atom. The van der Waals surface area contributed by atoms with E-state index in [0.717, 1.165) is 6.26 Å². The summed E-state index contributed by atoms with van der Waals surface area (Å²) in [6.07, 6.45) is 1.11. The Morgan fingerprint density at radius 2 is 2.19 bits per heavy atom. The molecule has 90 valence electrons. The van der Waals surface area contributed by atoms with Gasteiger partial charge in [-0.15, -0.1) is 0 Å². The molecule has 0 aliphatic carbocycles. The molecular formula is C9H14N2O4S. The summed E-state index contributed by atoms with van der Waals surface area (Å²) in [6, 6.07) is 3.10. The molecule has 1 aromatic heterocycles. The Balaban J connectivity index is 2.47. The van der Waals surface area contributed by atoms with E-state index < -0.39 is 15.7 Å². The lowest BCUT2D eigenvalue weighted by atomic mass is 10.4. The van der Waals surface area contributed by atoms with Crippen LogP contribution >= 0.6 is 0 Å². The predicted molar refractivity (Wildman–Crippen MR) is 58.6 cm³/mol. The molecule has 0 aromatic carbocycles. The Bertz CT molecular complexity index is 464. The number of sulfone groups is 1. The average Bonchev–Trinajstić information content (AvgIpc) is 2.63. The van der Waals surface area contributed by atoms with Crippen LogP contribution in [-0.2, 0) is 16.4 Å². The first-order chi connectivity index (χ1) is 7.42. The lowest BCUT2D eigenvalue weighted by molar-refractivity contribution is 0.0927. The number of amides is 1. The van der Waals surface area contributed by atoms with E-state index in [0.29, 0.717) is 5.76 Å². The molecule has 0 bridgehead atoms. The van der Waals surface area contributed by atoms with Gasteiger partial charge in [0.15, 0.2) is 5.76 Å². The highest BCUT2D eigenvalue weighted by molar-refractivity contribution is 7.90. The number of furan rings is 1. The maximum Gasteiger partial charge on any atom is 0.287 e. The second kappa shape index (κ2) is 5.13. The van der Waals surface area contributed by atoms with Gasteiger partial charge in [-0.25, -0.2) is 8.42 Å². The third-order valence-corrected chi connectivity index (χ3v) is 2.79. The van der Waals surface area contributed by atoms with Crippen LogP contribution in [-0.4, -0.2) is 32.9 Å².